The summed E-state index contributed by atoms with van der Waals surface area (Å²) in [4.78, 5) is 4.36. The first kappa shape index (κ1) is 17.0. The molecule has 1 aromatic carbocycles. The fraction of sp³-hybridized carbons (Fsp3) is 0.389. The average molecular weight is 348 g/mol. The van der Waals surface area contributed by atoms with Gasteiger partial charge in [0.1, 0.15) is 5.82 Å². The van der Waals surface area contributed by atoms with E-state index in [-0.39, 0.29) is 17.5 Å². The Morgan fingerprint density at radius 2 is 2.08 bits per heavy atom. The molecule has 6 heteroatoms. The molecule has 1 fully saturated rings. The minimum atomic E-state index is -3.35. The van der Waals surface area contributed by atoms with Crippen LogP contribution < -0.4 is 0 Å². The second-order valence-corrected chi connectivity index (χ2v) is 8.24. The molecule has 0 bridgehead atoms. The molecule has 0 spiro atoms. The molecular formula is C18H21FN2O2S. The molecule has 24 heavy (non-hydrogen) atoms. The van der Waals surface area contributed by atoms with Gasteiger partial charge < -0.3 is 0 Å². The van der Waals surface area contributed by atoms with Crippen LogP contribution in [0.25, 0.3) is 0 Å². The Balaban J connectivity index is 1.65. The number of aromatic nitrogens is 1. The van der Waals surface area contributed by atoms with E-state index in [1.807, 2.05) is 18.2 Å². The van der Waals surface area contributed by atoms with E-state index < -0.39 is 10.0 Å². The molecule has 1 aromatic heterocycles. The highest BCUT2D eigenvalue weighted by atomic mass is 32.2. The summed E-state index contributed by atoms with van der Waals surface area (Å²) in [6, 6.07) is 11.9. The number of aryl methyl sites for hydroxylation is 1. The molecule has 0 N–H and O–H groups in total. The van der Waals surface area contributed by atoms with E-state index in [9.17, 15) is 12.8 Å². The third-order valence-corrected chi connectivity index (χ3v) is 6.26. The van der Waals surface area contributed by atoms with Gasteiger partial charge in [-0.15, -0.1) is 0 Å². The topological polar surface area (TPSA) is 50.3 Å². The number of hydrogen-bond acceptors (Lipinski definition) is 3. The van der Waals surface area contributed by atoms with Crippen molar-refractivity contribution in [2.24, 2.45) is 0 Å². The average Bonchev–Trinajstić information content (AvgIpc) is 2.61. The number of sulfonamides is 1. The molecule has 2 aromatic rings. The van der Waals surface area contributed by atoms with E-state index in [1.54, 1.807) is 22.6 Å². The van der Waals surface area contributed by atoms with Crippen LogP contribution in [0.3, 0.4) is 0 Å². The summed E-state index contributed by atoms with van der Waals surface area (Å²) in [6.07, 6.45) is 3.85. The zero-order chi connectivity index (χ0) is 17.0. The maximum Gasteiger partial charge on any atom is 0.214 e. The highest BCUT2D eigenvalue weighted by Crippen LogP contribution is 2.27. The molecule has 2 heterocycles. The molecule has 128 valence electrons. The number of hydrogen-bond donors (Lipinski definition) is 0. The van der Waals surface area contributed by atoms with Crippen LogP contribution in [0.5, 0.6) is 0 Å². The Morgan fingerprint density at radius 1 is 1.21 bits per heavy atom. The van der Waals surface area contributed by atoms with Gasteiger partial charge in [-0.1, -0.05) is 18.2 Å². The van der Waals surface area contributed by atoms with Crippen LogP contribution in [0.1, 0.15) is 30.0 Å². The van der Waals surface area contributed by atoms with Crippen LogP contribution in [0.15, 0.2) is 48.7 Å². The maximum absolute atomic E-state index is 13.2. The quantitative estimate of drug-likeness (QED) is 0.835. The van der Waals surface area contributed by atoms with Crippen molar-refractivity contribution in [1.82, 2.24) is 9.29 Å². The summed E-state index contributed by atoms with van der Waals surface area (Å²) in [7, 11) is -3.35. The molecule has 0 amide bonds. The first-order chi connectivity index (χ1) is 11.5. The Morgan fingerprint density at radius 3 is 2.83 bits per heavy atom. The lowest BCUT2D eigenvalue weighted by Gasteiger charge is -2.31. The smallest absolute Gasteiger partial charge is 0.214 e. The fourth-order valence-corrected chi connectivity index (χ4v) is 4.69. The third-order valence-electron chi connectivity index (χ3n) is 4.42. The molecule has 1 unspecified atom stereocenters. The van der Waals surface area contributed by atoms with Gasteiger partial charge in [-0.05, 0) is 49.1 Å². The molecule has 4 nitrogen and oxygen atoms in total. The Bertz CT molecular complexity index is 781. The van der Waals surface area contributed by atoms with Crippen molar-refractivity contribution < 1.29 is 12.8 Å². The van der Waals surface area contributed by atoms with Crippen molar-refractivity contribution in [3.8, 4) is 0 Å². The second-order valence-electron chi connectivity index (χ2n) is 6.15. The number of benzene rings is 1. The zero-order valence-corrected chi connectivity index (χ0v) is 14.3. The maximum atomic E-state index is 13.2. The lowest BCUT2D eigenvalue weighted by atomic mass is 9.96. The minimum Gasteiger partial charge on any atom is -0.261 e. The van der Waals surface area contributed by atoms with Gasteiger partial charge in [0, 0.05) is 30.9 Å². The van der Waals surface area contributed by atoms with Crippen molar-refractivity contribution in [3.63, 3.8) is 0 Å². The molecule has 1 saturated heterocycles. The molecule has 3 rings (SSSR count). The molecule has 0 aliphatic carbocycles. The number of piperidine rings is 1. The van der Waals surface area contributed by atoms with Crippen LogP contribution in [0.2, 0.25) is 0 Å². The van der Waals surface area contributed by atoms with E-state index in [2.05, 4.69) is 4.98 Å². The highest BCUT2D eigenvalue weighted by molar-refractivity contribution is 7.89. The summed E-state index contributed by atoms with van der Waals surface area (Å²) >= 11 is 0. The molecule has 0 saturated carbocycles. The monoisotopic (exact) mass is 348 g/mol. The molecule has 1 aliphatic heterocycles. The third kappa shape index (κ3) is 4.19. The van der Waals surface area contributed by atoms with Crippen molar-refractivity contribution in [2.45, 2.75) is 25.2 Å². The first-order valence-electron chi connectivity index (χ1n) is 8.18. The molecule has 1 atom stereocenters. The first-order valence-corrected chi connectivity index (χ1v) is 9.79. The van der Waals surface area contributed by atoms with E-state index in [4.69, 9.17) is 0 Å². The number of rotatable bonds is 5. The summed E-state index contributed by atoms with van der Waals surface area (Å²) in [5, 5.41) is 0. The second kappa shape index (κ2) is 7.40. The summed E-state index contributed by atoms with van der Waals surface area (Å²) in [6.45, 7) is 1.03. The van der Waals surface area contributed by atoms with Gasteiger partial charge in [0.05, 0.1) is 5.75 Å². The van der Waals surface area contributed by atoms with Crippen molar-refractivity contribution in [1.29, 1.82) is 0 Å². The molecule has 0 radical (unpaired) electrons. The zero-order valence-electron chi connectivity index (χ0n) is 13.4. The number of pyridine rings is 1. The van der Waals surface area contributed by atoms with Gasteiger partial charge in [0.25, 0.3) is 0 Å². The molecular weight excluding hydrogens is 327 g/mol. The SMILES string of the molecule is O=S(=O)(CCc1cccc(F)c1)N1CCCC(c2ccccn2)C1. The van der Waals surface area contributed by atoms with Crippen LogP contribution in [0.4, 0.5) is 4.39 Å². The largest absolute Gasteiger partial charge is 0.261 e. The van der Waals surface area contributed by atoms with Crippen LogP contribution >= 0.6 is 0 Å². The van der Waals surface area contributed by atoms with E-state index >= 15 is 0 Å². The van der Waals surface area contributed by atoms with Crippen molar-refractivity contribution in [2.75, 3.05) is 18.8 Å². The van der Waals surface area contributed by atoms with Crippen molar-refractivity contribution >= 4 is 10.0 Å². The van der Waals surface area contributed by atoms with Gasteiger partial charge in [0.15, 0.2) is 0 Å². The van der Waals surface area contributed by atoms with E-state index in [0.717, 1.165) is 18.5 Å². The summed E-state index contributed by atoms with van der Waals surface area (Å²) < 4.78 is 40.0. The summed E-state index contributed by atoms with van der Waals surface area (Å²) in [5.41, 5.74) is 1.65. The lowest BCUT2D eigenvalue weighted by Crippen LogP contribution is -2.40. The van der Waals surface area contributed by atoms with Gasteiger partial charge >= 0.3 is 0 Å². The van der Waals surface area contributed by atoms with Gasteiger partial charge in [-0.3, -0.25) is 4.98 Å². The van der Waals surface area contributed by atoms with Gasteiger partial charge in [-0.2, -0.15) is 0 Å². The number of halogens is 1. The minimum absolute atomic E-state index is 0.00535. The lowest BCUT2D eigenvalue weighted by molar-refractivity contribution is 0.312. The normalized spacial score (nSPS) is 19.3. The number of nitrogens with zero attached hydrogens (tertiary/aromatic N) is 2. The Kier molecular flexibility index (Phi) is 5.26. The van der Waals surface area contributed by atoms with E-state index in [0.29, 0.717) is 25.1 Å². The Hall–Kier alpha value is -1.79. The molecule has 1 aliphatic rings. The van der Waals surface area contributed by atoms with Crippen LogP contribution in [-0.4, -0.2) is 36.5 Å². The van der Waals surface area contributed by atoms with Crippen LogP contribution in [-0.2, 0) is 16.4 Å². The van der Waals surface area contributed by atoms with Gasteiger partial charge in [-0.25, -0.2) is 17.1 Å². The highest BCUT2D eigenvalue weighted by Gasteiger charge is 2.29. The van der Waals surface area contributed by atoms with E-state index in [1.165, 1.54) is 12.1 Å². The van der Waals surface area contributed by atoms with Gasteiger partial charge in [0.2, 0.25) is 10.0 Å². The standard InChI is InChI=1S/C18H21FN2O2S/c19-17-7-3-5-15(13-17)9-12-24(22,23)21-11-4-6-16(14-21)18-8-1-2-10-20-18/h1-3,5,7-8,10,13,16H,4,6,9,11-12,14H2. The Labute approximate surface area is 142 Å². The van der Waals surface area contributed by atoms with Crippen LogP contribution in [0, 0.1) is 5.82 Å². The predicted molar refractivity (Wildman–Crippen MR) is 91.7 cm³/mol. The predicted octanol–water partition coefficient (Wildman–Crippen LogP) is 2.97. The summed E-state index contributed by atoms with van der Waals surface area (Å²) in [5.74, 6) is -0.187. The fourth-order valence-electron chi connectivity index (χ4n) is 3.12. The van der Waals surface area contributed by atoms with Crippen molar-refractivity contribution in [3.05, 3.63) is 65.7 Å².